The van der Waals surface area contributed by atoms with Gasteiger partial charge in [-0.25, -0.2) is 4.79 Å². The molecule has 0 fully saturated rings. The van der Waals surface area contributed by atoms with Crippen molar-refractivity contribution in [3.05, 3.63) is 65.2 Å². The summed E-state index contributed by atoms with van der Waals surface area (Å²) in [6, 6.07) is 11.9. The Bertz CT molecular complexity index is 929. The van der Waals surface area contributed by atoms with Crippen molar-refractivity contribution < 1.29 is 22.8 Å². The van der Waals surface area contributed by atoms with E-state index in [0.29, 0.717) is 13.0 Å². The number of halogens is 3. The van der Waals surface area contributed by atoms with Gasteiger partial charge in [-0.1, -0.05) is 31.2 Å². The zero-order valence-corrected chi connectivity index (χ0v) is 18.0. The summed E-state index contributed by atoms with van der Waals surface area (Å²) in [5.41, 5.74) is 1.90. The van der Waals surface area contributed by atoms with E-state index in [0.717, 1.165) is 37.0 Å². The summed E-state index contributed by atoms with van der Waals surface area (Å²) in [5, 5.41) is 5.69. The molecule has 8 heteroatoms. The van der Waals surface area contributed by atoms with Crippen LogP contribution in [0.15, 0.2) is 48.5 Å². The number of hydrogen-bond acceptors (Lipinski definition) is 2. The molecule has 1 unspecified atom stereocenters. The number of amides is 3. The average Bonchev–Trinajstić information content (AvgIpc) is 2.76. The van der Waals surface area contributed by atoms with Crippen LogP contribution in [0.3, 0.4) is 0 Å². The minimum Gasteiger partial charge on any atom is -0.349 e. The first-order chi connectivity index (χ1) is 15.3. The van der Waals surface area contributed by atoms with Crippen LogP contribution in [0, 0.1) is 0 Å². The number of carbonyl (C=O) groups excluding carboxylic acids is 2. The van der Waals surface area contributed by atoms with Crippen LogP contribution in [0.4, 0.5) is 23.7 Å². The van der Waals surface area contributed by atoms with Gasteiger partial charge in [0.15, 0.2) is 0 Å². The number of fused-ring (bicyclic) bond motifs is 1. The lowest BCUT2D eigenvalue weighted by Crippen LogP contribution is -2.39. The van der Waals surface area contributed by atoms with Crippen molar-refractivity contribution in [3.8, 4) is 0 Å². The van der Waals surface area contributed by atoms with Gasteiger partial charge >= 0.3 is 12.2 Å². The maximum absolute atomic E-state index is 12.7. The van der Waals surface area contributed by atoms with Gasteiger partial charge in [0.25, 0.3) is 0 Å². The minimum absolute atomic E-state index is 0.0203. The number of rotatable bonds is 7. The molecular weight excluding hydrogens is 419 g/mol. The second-order valence-corrected chi connectivity index (χ2v) is 7.95. The van der Waals surface area contributed by atoms with Gasteiger partial charge in [0.1, 0.15) is 0 Å². The summed E-state index contributed by atoms with van der Waals surface area (Å²) in [5.74, 6) is -0.130. The van der Waals surface area contributed by atoms with Crippen LogP contribution >= 0.6 is 0 Å². The third-order valence-electron chi connectivity index (χ3n) is 5.56. The first-order valence-electron chi connectivity index (χ1n) is 10.9. The molecule has 0 saturated carbocycles. The van der Waals surface area contributed by atoms with Crippen molar-refractivity contribution in [2.45, 2.75) is 51.2 Å². The zero-order valence-electron chi connectivity index (χ0n) is 18.0. The largest absolute Gasteiger partial charge is 0.416 e. The molecule has 1 aliphatic carbocycles. The second kappa shape index (κ2) is 10.5. The molecule has 3 rings (SSSR count). The van der Waals surface area contributed by atoms with E-state index in [1.165, 1.54) is 22.6 Å². The van der Waals surface area contributed by atoms with Crippen LogP contribution < -0.4 is 10.6 Å². The Morgan fingerprint density at radius 1 is 1.06 bits per heavy atom. The van der Waals surface area contributed by atoms with Gasteiger partial charge in [0.05, 0.1) is 11.6 Å². The van der Waals surface area contributed by atoms with E-state index in [9.17, 15) is 22.8 Å². The highest BCUT2D eigenvalue weighted by Crippen LogP contribution is 2.30. The molecule has 0 aromatic heterocycles. The van der Waals surface area contributed by atoms with E-state index >= 15 is 0 Å². The summed E-state index contributed by atoms with van der Waals surface area (Å²) in [6.07, 6.45) is -0.674. The Morgan fingerprint density at radius 2 is 1.78 bits per heavy atom. The molecule has 2 aromatic rings. The number of alkyl halides is 3. The maximum Gasteiger partial charge on any atom is 0.416 e. The van der Waals surface area contributed by atoms with E-state index in [-0.39, 0.29) is 30.6 Å². The monoisotopic (exact) mass is 447 g/mol. The fraction of sp³-hybridized carbons (Fsp3) is 0.417. The third kappa shape index (κ3) is 6.24. The van der Waals surface area contributed by atoms with Crippen LogP contribution in [0.2, 0.25) is 0 Å². The normalized spacial score (nSPS) is 15.6. The molecular formula is C24H28F3N3O2. The highest BCUT2D eigenvalue weighted by atomic mass is 19.4. The standard InChI is InChI=1S/C24H28F3N3O2/c1-2-15-30(23(32)28-19-12-10-18(11-13-19)24(25,26)27)16-14-22(31)29-21-9-5-7-17-6-3-4-8-20(17)21/h3-4,6,8,10-13,21H,2,5,7,9,14-16H2,1H3,(H,28,32)(H,29,31). The van der Waals surface area contributed by atoms with Crippen molar-refractivity contribution in [1.82, 2.24) is 10.2 Å². The first-order valence-corrected chi connectivity index (χ1v) is 10.9. The summed E-state index contributed by atoms with van der Waals surface area (Å²) in [4.78, 5) is 26.7. The van der Waals surface area contributed by atoms with Crippen LogP contribution in [-0.4, -0.2) is 29.9 Å². The Hall–Kier alpha value is -3.03. The van der Waals surface area contributed by atoms with E-state index < -0.39 is 17.8 Å². The lowest BCUT2D eigenvalue weighted by atomic mass is 9.87. The van der Waals surface area contributed by atoms with Gasteiger partial charge in [0.2, 0.25) is 5.91 Å². The van der Waals surface area contributed by atoms with Crippen molar-refractivity contribution in [3.63, 3.8) is 0 Å². The van der Waals surface area contributed by atoms with Crippen molar-refractivity contribution in [2.24, 2.45) is 0 Å². The molecule has 2 aromatic carbocycles. The lowest BCUT2D eigenvalue weighted by molar-refractivity contribution is -0.137. The second-order valence-electron chi connectivity index (χ2n) is 7.95. The molecule has 0 aliphatic heterocycles. The molecule has 0 radical (unpaired) electrons. The smallest absolute Gasteiger partial charge is 0.349 e. The summed E-state index contributed by atoms with van der Waals surface area (Å²) in [7, 11) is 0. The Labute approximate surface area is 186 Å². The van der Waals surface area contributed by atoms with E-state index in [1.54, 1.807) is 0 Å². The number of nitrogens with one attached hydrogen (secondary N) is 2. The van der Waals surface area contributed by atoms with Gasteiger partial charge in [-0.05, 0) is 61.1 Å². The molecule has 1 atom stereocenters. The molecule has 32 heavy (non-hydrogen) atoms. The molecule has 0 saturated heterocycles. The van der Waals surface area contributed by atoms with E-state index in [4.69, 9.17) is 0 Å². The van der Waals surface area contributed by atoms with Crippen molar-refractivity contribution in [2.75, 3.05) is 18.4 Å². The third-order valence-corrected chi connectivity index (χ3v) is 5.56. The van der Waals surface area contributed by atoms with Crippen LogP contribution in [0.25, 0.3) is 0 Å². The fourth-order valence-corrected chi connectivity index (χ4v) is 3.94. The summed E-state index contributed by atoms with van der Waals surface area (Å²) >= 11 is 0. The minimum atomic E-state index is -4.43. The van der Waals surface area contributed by atoms with Gasteiger partial charge in [0, 0.05) is 25.2 Å². The Kier molecular flexibility index (Phi) is 7.77. The molecule has 172 valence electrons. The highest BCUT2D eigenvalue weighted by Gasteiger charge is 2.30. The Morgan fingerprint density at radius 3 is 2.47 bits per heavy atom. The molecule has 0 heterocycles. The van der Waals surface area contributed by atoms with E-state index in [1.807, 2.05) is 25.1 Å². The number of nitrogens with zero attached hydrogens (tertiary/aromatic N) is 1. The number of benzene rings is 2. The number of anilines is 1. The molecule has 0 spiro atoms. The van der Waals surface area contributed by atoms with E-state index in [2.05, 4.69) is 16.7 Å². The fourth-order valence-electron chi connectivity index (χ4n) is 3.94. The average molecular weight is 448 g/mol. The van der Waals surface area contributed by atoms with Gasteiger partial charge in [-0.3, -0.25) is 4.79 Å². The molecule has 5 nitrogen and oxygen atoms in total. The van der Waals surface area contributed by atoms with Crippen molar-refractivity contribution in [1.29, 1.82) is 0 Å². The molecule has 1 aliphatic rings. The quantitative estimate of drug-likeness (QED) is 0.586. The molecule has 2 N–H and O–H groups in total. The number of hydrogen-bond donors (Lipinski definition) is 2. The topological polar surface area (TPSA) is 61.4 Å². The molecule has 0 bridgehead atoms. The summed E-state index contributed by atoms with van der Waals surface area (Å²) in [6.45, 7) is 2.57. The number of urea groups is 1. The summed E-state index contributed by atoms with van der Waals surface area (Å²) < 4.78 is 38.1. The van der Waals surface area contributed by atoms with Crippen LogP contribution in [-0.2, 0) is 17.4 Å². The number of aryl methyl sites for hydroxylation is 1. The van der Waals surface area contributed by atoms with Crippen molar-refractivity contribution >= 4 is 17.6 Å². The van der Waals surface area contributed by atoms with Crippen LogP contribution in [0.5, 0.6) is 0 Å². The predicted octanol–water partition coefficient (Wildman–Crippen LogP) is 5.53. The Balaban J connectivity index is 1.54. The van der Waals surface area contributed by atoms with Crippen LogP contribution in [0.1, 0.15) is 55.3 Å². The zero-order chi connectivity index (χ0) is 23.1. The lowest BCUT2D eigenvalue weighted by Gasteiger charge is -2.27. The molecule has 3 amide bonds. The van der Waals surface area contributed by atoms with Gasteiger partial charge in [-0.15, -0.1) is 0 Å². The highest BCUT2D eigenvalue weighted by molar-refractivity contribution is 5.89. The first kappa shape index (κ1) is 23.6. The van der Waals surface area contributed by atoms with Gasteiger partial charge in [-0.2, -0.15) is 13.2 Å². The van der Waals surface area contributed by atoms with Gasteiger partial charge < -0.3 is 15.5 Å². The SMILES string of the molecule is CCCN(CCC(=O)NC1CCCc2ccccc21)C(=O)Nc1ccc(C(F)(F)F)cc1. The maximum atomic E-state index is 12.7. The number of carbonyl (C=O) groups is 2. The predicted molar refractivity (Wildman–Crippen MR) is 117 cm³/mol.